The molecule has 0 saturated carbocycles. The summed E-state index contributed by atoms with van der Waals surface area (Å²) in [7, 11) is 1.64. The van der Waals surface area contributed by atoms with E-state index in [0.29, 0.717) is 13.2 Å². The molecule has 0 aliphatic heterocycles. The summed E-state index contributed by atoms with van der Waals surface area (Å²) < 4.78 is 18.4. The smallest absolute Gasteiger partial charge is 0.287 e. The van der Waals surface area contributed by atoms with Gasteiger partial charge in [0, 0.05) is 12.6 Å². The lowest BCUT2D eigenvalue weighted by molar-refractivity contribution is 0.0909. The molecule has 0 radical (unpaired) electrons. The van der Waals surface area contributed by atoms with Gasteiger partial charge in [-0.2, -0.15) is 0 Å². The minimum Gasteiger partial charge on any atom is -0.497 e. The van der Waals surface area contributed by atoms with E-state index < -0.39 is 0 Å². The number of imidazole rings is 1. The van der Waals surface area contributed by atoms with Gasteiger partial charge >= 0.3 is 0 Å². The number of furan rings is 1. The number of ether oxygens (including phenoxy) is 2. The second-order valence-corrected chi connectivity index (χ2v) is 7.16. The number of carbonyl (C=O) groups is 1. The number of amides is 1. The van der Waals surface area contributed by atoms with Crippen LogP contribution in [0.2, 0.25) is 0 Å². The summed E-state index contributed by atoms with van der Waals surface area (Å²) in [6, 6.07) is 18.6. The van der Waals surface area contributed by atoms with E-state index in [0.717, 1.165) is 34.8 Å². The number of fused-ring (bicyclic) bond motifs is 1. The van der Waals surface area contributed by atoms with Gasteiger partial charge in [-0.15, -0.1) is 0 Å². The van der Waals surface area contributed by atoms with Crippen LogP contribution >= 0.6 is 0 Å². The molecule has 1 atom stereocenters. The molecule has 160 valence electrons. The third kappa shape index (κ3) is 4.71. The van der Waals surface area contributed by atoms with E-state index in [1.54, 1.807) is 19.2 Å². The van der Waals surface area contributed by atoms with Crippen LogP contribution in [0.4, 0.5) is 0 Å². The van der Waals surface area contributed by atoms with Crippen molar-refractivity contribution in [1.29, 1.82) is 0 Å². The Hall–Kier alpha value is -3.74. The maximum Gasteiger partial charge on any atom is 0.287 e. The molecule has 2 aromatic heterocycles. The third-order valence-corrected chi connectivity index (χ3v) is 5.00. The average molecular weight is 419 g/mol. The molecule has 0 aliphatic carbocycles. The predicted octanol–water partition coefficient (Wildman–Crippen LogP) is 4.60. The van der Waals surface area contributed by atoms with E-state index in [9.17, 15) is 4.79 Å². The molecule has 7 nitrogen and oxygen atoms in total. The first-order valence-corrected chi connectivity index (χ1v) is 10.2. The Morgan fingerprint density at radius 1 is 1.13 bits per heavy atom. The Bertz CT molecular complexity index is 1150. The quantitative estimate of drug-likeness (QED) is 0.401. The van der Waals surface area contributed by atoms with Crippen LogP contribution in [0.5, 0.6) is 11.5 Å². The van der Waals surface area contributed by atoms with Gasteiger partial charge in [0.2, 0.25) is 0 Å². The van der Waals surface area contributed by atoms with Crippen LogP contribution in [-0.4, -0.2) is 29.2 Å². The second-order valence-electron chi connectivity index (χ2n) is 7.16. The zero-order chi connectivity index (χ0) is 21.6. The Balaban J connectivity index is 1.46. The molecule has 2 heterocycles. The fourth-order valence-electron chi connectivity index (χ4n) is 3.50. The molecule has 4 rings (SSSR count). The Morgan fingerprint density at radius 3 is 2.77 bits per heavy atom. The fourth-order valence-corrected chi connectivity index (χ4v) is 3.50. The largest absolute Gasteiger partial charge is 0.497 e. The first-order valence-electron chi connectivity index (χ1n) is 10.2. The van der Waals surface area contributed by atoms with Gasteiger partial charge in [0.25, 0.3) is 5.91 Å². The third-order valence-electron chi connectivity index (χ3n) is 5.00. The molecule has 0 fully saturated rings. The van der Waals surface area contributed by atoms with Crippen LogP contribution in [0.15, 0.2) is 71.3 Å². The van der Waals surface area contributed by atoms with Crippen LogP contribution < -0.4 is 14.8 Å². The first kappa shape index (κ1) is 20.5. The maximum atomic E-state index is 12.4. The molecular formula is C24H25N3O4. The molecule has 4 aromatic rings. The topological polar surface area (TPSA) is 78.5 Å². The molecule has 1 N–H and O–H groups in total. The van der Waals surface area contributed by atoms with Gasteiger partial charge in [-0.25, -0.2) is 4.98 Å². The predicted molar refractivity (Wildman–Crippen MR) is 117 cm³/mol. The summed E-state index contributed by atoms with van der Waals surface area (Å²) in [6.45, 7) is 3.18. The number of methoxy groups -OCH3 is 1. The van der Waals surface area contributed by atoms with E-state index in [2.05, 4.69) is 9.88 Å². The SMILES string of the molecule is COc1cccc(OCCCn2c(C(C)NC(=O)c3ccco3)nc3ccccc32)c1. The van der Waals surface area contributed by atoms with E-state index in [-0.39, 0.29) is 17.7 Å². The van der Waals surface area contributed by atoms with E-state index >= 15 is 0 Å². The summed E-state index contributed by atoms with van der Waals surface area (Å²) in [5.41, 5.74) is 1.92. The molecular weight excluding hydrogens is 394 g/mol. The maximum absolute atomic E-state index is 12.4. The van der Waals surface area contributed by atoms with Gasteiger partial charge < -0.3 is 23.8 Å². The number of nitrogens with zero attached hydrogens (tertiary/aromatic N) is 2. The summed E-state index contributed by atoms with van der Waals surface area (Å²) >= 11 is 0. The van der Waals surface area contributed by atoms with Crippen molar-refractivity contribution in [2.45, 2.75) is 25.9 Å². The zero-order valence-corrected chi connectivity index (χ0v) is 17.6. The van der Waals surface area contributed by atoms with Crippen molar-refractivity contribution in [3.05, 3.63) is 78.5 Å². The standard InChI is InChI=1S/C24H25N3O4/c1-17(25-24(28)22-12-6-14-31-22)23-26-20-10-3-4-11-21(20)27(23)13-7-15-30-19-9-5-8-18(16-19)29-2/h3-6,8-12,14,16-17H,7,13,15H2,1-2H3,(H,25,28). The van der Waals surface area contributed by atoms with Crippen LogP contribution in [0.25, 0.3) is 11.0 Å². The van der Waals surface area contributed by atoms with Crippen molar-refractivity contribution < 1.29 is 18.7 Å². The minimum atomic E-state index is -0.288. The molecule has 31 heavy (non-hydrogen) atoms. The van der Waals surface area contributed by atoms with Crippen LogP contribution in [-0.2, 0) is 6.54 Å². The molecule has 0 aliphatic rings. The summed E-state index contributed by atoms with van der Waals surface area (Å²) in [6.07, 6.45) is 2.26. The van der Waals surface area contributed by atoms with Crippen LogP contribution in [0.1, 0.15) is 35.8 Å². The van der Waals surface area contributed by atoms with Crippen LogP contribution in [0.3, 0.4) is 0 Å². The lowest BCUT2D eigenvalue weighted by Gasteiger charge is -2.16. The highest BCUT2D eigenvalue weighted by molar-refractivity contribution is 5.91. The zero-order valence-electron chi connectivity index (χ0n) is 17.6. The second kappa shape index (κ2) is 9.38. The number of benzene rings is 2. The van der Waals surface area contributed by atoms with Crippen molar-refractivity contribution in [2.75, 3.05) is 13.7 Å². The highest BCUT2D eigenvalue weighted by Gasteiger charge is 2.20. The number of nitrogens with one attached hydrogen (secondary N) is 1. The summed E-state index contributed by atoms with van der Waals surface area (Å²) in [5, 5.41) is 2.97. The lowest BCUT2D eigenvalue weighted by Crippen LogP contribution is -2.28. The average Bonchev–Trinajstić information content (AvgIpc) is 3.45. The van der Waals surface area contributed by atoms with Crippen LogP contribution in [0, 0.1) is 0 Å². The van der Waals surface area contributed by atoms with Gasteiger partial charge in [0.05, 0.1) is 37.1 Å². The highest BCUT2D eigenvalue weighted by atomic mass is 16.5. The molecule has 0 saturated heterocycles. The van der Waals surface area contributed by atoms with Gasteiger partial charge in [-0.3, -0.25) is 4.79 Å². The Labute approximate surface area is 180 Å². The van der Waals surface area contributed by atoms with Gasteiger partial charge in [0.15, 0.2) is 5.76 Å². The molecule has 7 heteroatoms. The lowest BCUT2D eigenvalue weighted by atomic mass is 10.2. The Kier molecular flexibility index (Phi) is 6.21. The van der Waals surface area contributed by atoms with E-state index in [1.165, 1.54) is 6.26 Å². The Morgan fingerprint density at radius 2 is 1.97 bits per heavy atom. The number of aryl methyl sites for hydroxylation is 1. The first-order chi connectivity index (χ1) is 15.2. The number of rotatable bonds is 9. The fraction of sp³-hybridized carbons (Fsp3) is 0.250. The molecule has 0 bridgehead atoms. The van der Waals surface area contributed by atoms with Crippen molar-refractivity contribution in [3.63, 3.8) is 0 Å². The van der Waals surface area contributed by atoms with Crippen molar-refractivity contribution >= 4 is 16.9 Å². The monoisotopic (exact) mass is 419 g/mol. The summed E-state index contributed by atoms with van der Waals surface area (Å²) in [5.74, 6) is 2.34. The normalized spacial score (nSPS) is 11.9. The van der Waals surface area contributed by atoms with Crippen molar-refractivity contribution in [3.8, 4) is 11.5 Å². The number of hydrogen-bond donors (Lipinski definition) is 1. The van der Waals surface area contributed by atoms with Crippen molar-refractivity contribution in [2.24, 2.45) is 0 Å². The molecule has 1 unspecified atom stereocenters. The van der Waals surface area contributed by atoms with E-state index in [1.807, 2.05) is 55.5 Å². The van der Waals surface area contributed by atoms with Gasteiger partial charge in [-0.1, -0.05) is 18.2 Å². The number of para-hydroxylation sites is 2. The van der Waals surface area contributed by atoms with Gasteiger partial charge in [-0.05, 0) is 49.7 Å². The molecule has 0 spiro atoms. The highest BCUT2D eigenvalue weighted by Crippen LogP contribution is 2.22. The summed E-state index contributed by atoms with van der Waals surface area (Å²) in [4.78, 5) is 17.2. The molecule has 1 amide bonds. The number of hydrogen-bond acceptors (Lipinski definition) is 5. The van der Waals surface area contributed by atoms with Gasteiger partial charge in [0.1, 0.15) is 17.3 Å². The minimum absolute atomic E-state index is 0.266. The number of aromatic nitrogens is 2. The van der Waals surface area contributed by atoms with Crippen molar-refractivity contribution in [1.82, 2.24) is 14.9 Å². The number of carbonyl (C=O) groups excluding carboxylic acids is 1. The molecule has 2 aromatic carbocycles. The van der Waals surface area contributed by atoms with E-state index in [4.69, 9.17) is 18.9 Å².